The first kappa shape index (κ1) is 16.2. The monoisotopic (exact) mass is 355 g/mol. The lowest BCUT2D eigenvalue weighted by atomic mass is 10.2. The Morgan fingerprint density at radius 2 is 1.96 bits per heavy atom. The molecule has 0 amide bonds. The van der Waals surface area contributed by atoms with Gasteiger partial charge in [-0.3, -0.25) is 9.59 Å². The molecule has 4 N–H and O–H groups in total. The van der Waals surface area contributed by atoms with Gasteiger partial charge in [0.25, 0.3) is 11.1 Å². The summed E-state index contributed by atoms with van der Waals surface area (Å²) in [6.07, 6.45) is 1.49. The number of nitrogen functional groups attached to an aromatic ring is 1. The van der Waals surface area contributed by atoms with Gasteiger partial charge in [-0.05, 0) is 12.1 Å². The molecule has 4 rings (SSSR count). The summed E-state index contributed by atoms with van der Waals surface area (Å²) in [5.74, 6) is 0.145. The van der Waals surface area contributed by atoms with E-state index in [2.05, 4.69) is 9.97 Å². The van der Waals surface area contributed by atoms with Crippen LogP contribution in [0, 0.1) is 0 Å². The maximum atomic E-state index is 12.8. The number of hydrogen-bond donors (Lipinski definition) is 3. The number of para-hydroxylation sites is 1. The number of nitrogens with one attached hydrogen (secondary N) is 1. The fourth-order valence-electron chi connectivity index (χ4n) is 3.06. The molecule has 0 spiro atoms. The third-order valence-electron chi connectivity index (χ3n) is 4.35. The van der Waals surface area contributed by atoms with Crippen LogP contribution in [0.25, 0.3) is 11.9 Å². The number of aromatic hydroxyl groups is 1. The van der Waals surface area contributed by atoms with Crippen molar-refractivity contribution in [1.82, 2.24) is 14.4 Å². The summed E-state index contributed by atoms with van der Waals surface area (Å²) >= 11 is 0. The van der Waals surface area contributed by atoms with E-state index in [9.17, 15) is 14.7 Å². The van der Waals surface area contributed by atoms with Crippen molar-refractivity contribution in [2.24, 2.45) is 0 Å². The summed E-state index contributed by atoms with van der Waals surface area (Å²) in [5.41, 5.74) is 5.87. The number of morpholine rings is 1. The van der Waals surface area contributed by atoms with Crippen molar-refractivity contribution in [1.29, 1.82) is 0 Å². The number of phenolic OH excluding ortho intramolecular Hbond substituents is 1. The Balaban J connectivity index is 1.94. The lowest BCUT2D eigenvalue weighted by Gasteiger charge is -2.28. The van der Waals surface area contributed by atoms with Crippen LogP contribution in [0.4, 0.5) is 11.5 Å². The summed E-state index contributed by atoms with van der Waals surface area (Å²) in [6, 6.07) is 6.61. The van der Waals surface area contributed by atoms with Crippen molar-refractivity contribution < 1.29 is 9.84 Å². The zero-order valence-electron chi connectivity index (χ0n) is 13.8. The second kappa shape index (κ2) is 6.19. The number of benzene rings is 1. The van der Waals surface area contributed by atoms with Crippen LogP contribution in [0.5, 0.6) is 5.75 Å². The molecule has 0 atom stereocenters. The predicted molar refractivity (Wildman–Crippen MR) is 96.4 cm³/mol. The van der Waals surface area contributed by atoms with Gasteiger partial charge in [-0.2, -0.15) is 4.98 Å². The first-order valence-corrected chi connectivity index (χ1v) is 8.13. The highest BCUT2D eigenvalue weighted by Gasteiger charge is 2.21. The molecule has 9 heteroatoms. The van der Waals surface area contributed by atoms with Crippen LogP contribution in [0.1, 0.15) is 5.56 Å². The number of hydrogen-bond acceptors (Lipinski definition) is 7. The van der Waals surface area contributed by atoms with Crippen LogP contribution in [0.15, 0.2) is 33.9 Å². The second-order valence-corrected chi connectivity index (χ2v) is 5.96. The molecule has 3 aromatic rings. The lowest BCUT2D eigenvalue weighted by molar-refractivity contribution is 0.122. The summed E-state index contributed by atoms with van der Waals surface area (Å²) < 4.78 is 6.46. The topological polar surface area (TPSA) is 126 Å². The highest BCUT2D eigenvalue weighted by Crippen LogP contribution is 2.18. The van der Waals surface area contributed by atoms with Gasteiger partial charge in [-0.1, -0.05) is 18.2 Å². The standard InChI is InChI=1S/C17H17N5O4/c18-14-13(21-5-7-26-8-6-21)15(24)20-17-19-11(16(25)22(14)17)9-10-3-1-2-4-12(10)23/h1-4,9,23H,5-8,18H2,(H,19,20,24)/b11-9+. The fourth-order valence-corrected chi connectivity index (χ4v) is 3.06. The number of aromatic amines is 1. The van der Waals surface area contributed by atoms with Gasteiger partial charge in [-0.25, -0.2) is 4.40 Å². The minimum atomic E-state index is -0.500. The molecule has 2 aromatic heterocycles. The zero-order valence-corrected chi connectivity index (χ0v) is 13.8. The summed E-state index contributed by atoms with van der Waals surface area (Å²) in [7, 11) is 0. The first-order valence-electron chi connectivity index (χ1n) is 8.13. The van der Waals surface area contributed by atoms with Crippen LogP contribution >= 0.6 is 0 Å². The second-order valence-electron chi connectivity index (χ2n) is 5.96. The Kier molecular flexibility index (Phi) is 3.85. The van der Waals surface area contributed by atoms with E-state index in [1.807, 2.05) is 0 Å². The van der Waals surface area contributed by atoms with E-state index >= 15 is 0 Å². The molecule has 0 bridgehead atoms. The minimum Gasteiger partial charge on any atom is -0.507 e. The molecule has 1 aliphatic heterocycles. The molecule has 0 radical (unpaired) electrons. The third kappa shape index (κ3) is 2.58. The van der Waals surface area contributed by atoms with E-state index in [0.717, 1.165) is 0 Å². The number of phenols is 1. The molecule has 9 nitrogen and oxygen atoms in total. The zero-order chi connectivity index (χ0) is 18.3. The van der Waals surface area contributed by atoms with Gasteiger partial charge >= 0.3 is 0 Å². The van der Waals surface area contributed by atoms with Crippen molar-refractivity contribution in [2.45, 2.75) is 0 Å². The van der Waals surface area contributed by atoms with Crippen LogP contribution < -0.4 is 27.1 Å². The maximum absolute atomic E-state index is 12.8. The van der Waals surface area contributed by atoms with Gasteiger partial charge in [-0.15, -0.1) is 0 Å². The Bertz CT molecular complexity index is 1140. The number of H-pyrrole nitrogens is 1. The van der Waals surface area contributed by atoms with E-state index in [4.69, 9.17) is 10.5 Å². The number of anilines is 2. The molecular weight excluding hydrogens is 338 g/mol. The number of ether oxygens (including phenoxy) is 1. The summed E-state index contributed by atoms with van der Waals surface area (Å²) in [4.78, 5) is 33.7. The minimum absolute atomic E-state index is 0.0370. The molecule has 134 valence electrons. The van der Waals surface area contributed by atoms with E-state index in [0.29, 0.717) is 31.9 Å². The molecule has 0 unspecified atom stereocenters. The smallest absolute Gasteiger partial charge is 0.300 e. The van der Waals surface area contributed by atoms with Gasteiger partial charge in [0.2, 0.25) is 5.78 Å². The maximum Gasteiger partial charge on any atom is 0.300 e. The van der Waals surface area contributed by atoms with Crippen LogP contribution in [-0.2, 0) is 4.74 Å². The quantitative estimate of drug-likeness (QED) is 0.541. The fraction of sp³-hybridized carbons (Fsp3) is 0.235. The molecule has 1 aliphatic rings. The molecule has 1 aromatic carbocycles. The largest absolute Gasteiger partial charge is 0.507 e. The average molecular weight is 355 g/mol. The van der Waals surface area contributed by atoms with Crippen LogP contribution in [0.2, 0.25) is 0 Å². The van der Waals surface area contributed by atoms with Crippen molar-refractivity contribution >= 4 is 23.4 Å². The molecular formula is C17H17N5O4. The molecule has 26 heavy (non-hydrogen) atoms. The average Bonchev–Trinajstić information content (AvgIpc) is 2.93. The summed E-state index contributed by atoms with van der Waals surface area (Å²) in [6.45, 7) is 1.96. The summed E-state index contributed by atoms with van der Waals surface area (Å²) in [5, 5.41) is 10.1. The van der Waals surface area contributed by atoms with E-state index < -0.39 is 11.1 Å². The molecule has 3 heterocycles. The van der Waals surface area contributed by atoms with E-state index in [-0.39, 0.29) is 28.4 Å². The highest BCUT2D eigenvalue weighted by atomic mass is 16.5. The van der Waals surface area contributed by atoms with Gasteiger partial charge in [0, 0.05) is 18.7 Å². The number of aromatic nitrogens is 3. The number of rotatable bonds is 2. The van der Waals surface area contributed by atoms with Crippen molar-refractivity contribution in [3.05, 3.63) is 55.9 Å². The Labute approximate surface area is 147 Å². The normalized spacial score (nSPS) is 15.7. The van der Waals surface area contributed by atoms with Crippen LogP contribution in [-0.4, -0.2) is 45.8 Å². The molecule has 0 saturated carbocycles. The Morgan fingerprint density at radius 1 is 1.23 bits per heavy atom. The van der Waals surface area contributed by atoms with Crippen molar-refractivity contribution in [2.75, 3.05) is 36.9 Å². The number of nitrogens with two attached hydrogens (primary N) is 1. The SMILES string of the molecule is Nc1c(N2CCOCC2)c(=O)nc2[nH]/c(=C/c3ccccc3O)c(=O)n12. The predicted octanol–water partition coefficient (Wildman–Crippen LogP) is -0.945. The van der Waals surface area contributed by atoms with Crippen LogP contribution in [0.3, 0.4) is 0 Å². The van der Waals surface area contributed by atoms with E-state index in [1.165, 1.54) is 16.5 Å². The number of imidazole rings is 1. The van der Waals surface area contributed by atoms with Crippen molar-refractivity contribution in [3.8, 4) is 5.75 Å². The molecule has 1 fully saturated rings. The van der Waals surface area contributed by atoms with Gasteiger partial charge in [0.1, 0.15) is 22.6 Å². The number of nitrogens with zero attached hydrogens (tertiary/aromatic N) is 3. The first-order chi connectivity index (χ1) is 12.6. The number of fused-ring (bicyclic) bond motifs is 1. The van der Waals surface area contributed by atoms with Gasteiger partial charge in [0.15, 0.2) is 0 Å². The Hall–Kier alpha value is -3.33. The van der Waals surface area contributed by atoms with Gasteiger partial charge in [0.05, 0.1) is 13.2 Å². The Morgan fingerprint density at radius 3 is 2.69 bits per heavy atom. The highest BCUT2D eigenvalue weighted by molar-refractivity contribution is 5.66. The molecule has 0 aliphatic carbocycles. The lowest BCUT2D eigenvalue weighted by Crippen LogP contribution is -2.40. The van der Waals surface area contributed by atoms with E-state index in [1.54, 1.807) is 23.1 Å². The third-order valence-corrected chi connectivity index (χ3v) is 4.35. The van der Waals surface area contributed by atoms with Crippen molar-refractivity contribution in [3.63, 3.8) is 0 Å². The van der Waals surface area contributed by atoms with Gasteiger partial charge < -0.3 is 25.5 Å². The molecule has 1 saturated heterocycles.